The van der Waals surface area contributed by atoms with Crippen LogP contribution in [0.4, 0.5) is 4.39 Å². The summed E-state index contributed by atoms with van der Waals surface area (Å²) in [5, 5.41) is 19.2. The molecule has 1 saturated carbocycles. The van der Waals surface area contributed by atoms with Crippen LogP contribution in [0.1, 0.15) is 18.4 Å². The molecule has 0 unspecified atom stereocenters. The predicted octanol–water partition coefficient (Wildman–Crippen LogP) is 1.33. The number of aromatic hydroxyl groups is 1. The van der Waals surface area contributed by atoms with Gasteiger partial charge in [-0.15, -0.1) is 0 Å². The summed E-state index contributed by atoms with van der Waals surface area (Å²) in [7, 11) is 0. The minimum atomic E-state index is -0.839. The summed E-state index contributed by atoms with van der Waals surface area (Å²) in [6.07, 6.45) is 1.45. The minimum Gasteiger partial charge on any atom is -0.505 e. The molecule has 2 N–H and O–H groups in total. The molecule has 1 heterocycles. The smallest absolute Gasteiger partial charge is 0.231 e. The quantitative estimate of drug-likeness (QED) is 0.798. The first-order valence-electron chi connectivity index (χ1n) is 5.11. The molecule has 1 aliphatic heterocycles. The zero-order chi connectivity index (χ0) is 11.3. The van der Waals surface area contributed by atoms with Crippen LogP contribution < -0.4 is 9.47 Å². The largest absolute Gasteiger partial charge is 0.505 e. The van der Waals surface area contributed by atoms with Gasteiger partial charge in [0.15, 0.2) is 23.1 Å². The van der Waals surface area contributed by atoms with Crippen molar-refractivity contribution in [2.45, 2.75) is 24.9 Å². The van der Waals surface area contributed by atoms with E-state index < -0.39 is 17.2 Å². The van der Waals surface area contributed by atoms with E-state index in [1.807, 2.05) is 0 Å². The van der Waals surface area contributed by atoms with Crippen LogP contribution in [-0.2, 0) is 6.42 Å². The molecule has 5 heteroatoms. The summed E-state index contributed by atoms with van der Waals surface area (Å²) in [4.78, 5) is 0. The lowest BCUT2D eigenvalue weighted by atomic mass is 10.0. The summed E-state index contributed by atoms with van der Waals surface area (Å²) in [6.45, 7) is 0.0175. The van der Waals surface area contributed by atoms with Gasteiger partial charge >= 0.3 is 0 Å². The van der Waals surface area contributed by atoms with Crippen LogP contribution in [0.2, 0.25) is 0 Å². The molecule has 1 aliphatic carbocycles. The first-order chi connectivity index (χ1) is 7.59. The molecule has 1 aromatic carbocycles. The highest BCUT2D eigenvalue weighted by atomic mass is 19.1. The molecule has 0 atom stereocenters. The Morgan fingerprint density at radius 1 is 1.38 bits per heavy atom. The van der Waals surface area contributed by atoms with Gasteiger partial charge in [0.25, 0.3) is 0 Å². The van der Waals surface area contributed by atoms with E-state index in [2.05, 4.69) is 0 Å². The van der Waals surface area contributed by atoms with Crippen LogP contribution in [0.5, 0.6) is 17.2 Å². The highest BCUT2D eigenvalue weighted by molar-refractivity contribution is 5.54. The van der Waals surface area contributed by atoms with Gasteiger partial charge in [-0.2, -0.15) is 0 Å². The molecule has 0 spiro atoms. The van der Waals surface area contributed by atoms with Gasteiger partial charge in [-0.3, -0.25) is 0 Å². The number of halogens is 1. The molecule has 1 fully saturated rings. The average molecular weight is 226 g/mol. The lowest BCUT2D eigenvalue weighted by Gasteiger charge is -2.12. The Bertz CT molecular complexity index is 454. The van der Waals surface area contributed by atoms with Gasteiger partial charge in [0.2, 0.25) is 6.79 Å². The lowest BCUT2D eigenvalue weighted by molar-refractivity contribution is 0.145. The van der Waals surface area contributed by atoms with Crippen molar-refractivity contribution >= 4 is 0 Å². The van der Waals surface area contributed by atoms with E-state index in [0.29, 0.717) is 24.3 Å². The average Bonchev–Trinajstić information content (AvgIpc) is 2.77. The van der Waals surface area contributed by atoms with E-state index in [0.717, 1.165) is 0 Å². The van der Waals surface area contributed by atoms with Gasteiger partial charge in [-0.05, 0) is 12.8 Å². The second-order valence-corrected chi connectivity index (χ2v) is 4.32. The molecule has 16 heavy (non-hydrogen) atoms. The molecule has 1 aromatic rings. The number of ether oxygens (including phenoxy) is 2. The van der Waals surface area contributed by atoms with Gasteiger partial charge in [0, 0.05) is 18.1 Å². The maximum atomic E-state index is 13.7. The topological polar surface area (TPSA) is 58.9 Å². The number of phenols is 1. The molecule has 2 aliphatic rings. The molecule has 0 radical (unpaired) electrons. The highest BCUT2D eigenvalue weighted by Crippen LogP contribution is 2.46. The molecule has 86 valence electrons. The Morgan fingerprint density at radius 3 is 2.81 bits per heavy atom. The fourth-order valence-electron chi connectivity index (χ4n) is 1.88. The number of hydrogen-bond acceptors (Lipinski definition) is 4. The molecule has 0 amide bonds. The Kier molecular flexibility index (Phi) is 1.83. The van der Waals surface area contributed by atoms with Crippen molar-refractivity contribution in [3.63, 3.8) is 0 Å². The first-order valence-corrected chi connectivity index (χ1v) is 5.11. The van der Waals surface area contributed by atoms with Crippen molar-refractivity contribution in [3.8, 4) is 17.2 Å². The summed E-state index contributed by atoms with van der Waals surface area (Å²) in [5.41, 5.74) is -0.638. The van der Waals surface area contributed by atoms with Gasteiger partial charge in [-0.25, -0.2) is 4.39 Å². The van der Waals surface area contributed by atoms with Gasteiger partial charge < -0.3 is 19.7 Å². The van der Waals surface area contributed by atoms with Crippen molar-refractivity contribution in [1.29, 1.82) is 0 Å². The second kappa shape index (κ2) is 3.01. The highest BCUT2D eigenvalue weighted by Gasteiger charge is 2.42. The van der Waals surface area contributed by atoms with Gasteiger partial charge in [0.1, 0.15) is 0 Å². The molecule has 0 saturated heterocycles. The van der Waals surface area contributed by atoms with E-state index >= 15 is 0 Å². The SMILES string of the molecule is Oc1cc2c(c(CC3(O)CC3)c1F)OCO2. The van der Waals surface area contributed by atoms with E-state index in [4.69, 9.17) is 9.47 Å². The zero-order valence-corrected chi connectivity index (χ0v) is 8.49. The Morgan fingerprint density at radius 2 is 2.12 bits per heavy atom. The number of fused-ring (bicyclic) bond motifs is 1. The first kappa shape index (κ1) is 9.72. The molecular weight excluding hydrogens is 215 g/mol. The van der Waals surface area contributed by atoms with Crippen molar-refractivity contribution < 1.29 is 24.1 Å². The molecule has 0 bridgehead atoms. The summed E-state index contributed by atoms with van der Waals surface area (Å²) in [6, 6.07) is 1.19. The van der Waals surface area contributed by atoms with Crippen LogP contribution in [0.15, 0.2) is 6.07 Å². The zero-order valence-electron chi connectivity index (χ0n) is 8.49. The van der Waals surface area contributed by atoms with Crippen molar-refractivity contribution in [1.82, 2.24) is 0 Å². The fourth-order valence-corrected chi connectivity index (χ4v) is 1.88. The Balaban J connectivity index is 2.07. The van der Waals surface area contributed by atoms with Crippen LogP contribution >= 0.6 is 0 Å². The van der Waals surface area contributed by atoms with Gasteiger partial charge in [-0.1, -0.05) is 0 Å². The Hall–Kier alpha value is -1.49. The van der Waals surface area contributed by atoms with Crippen molar-refractivity contribution in [2.75, 3.05) is 6.79 Å². The second-order valence-electron chi connectivity index (χ2n) is 4.32. The van der Waals surface area contributed by atoms with Crippen molar-refractivity contribution in [2.24, 2.45) is 0 Å². The van der Waals surface area contributed by atoms with E-state index in [1.165, 1.54) is 6.07 Å². The Labute approximate surface area is 91.2 Å². The number of hydrogen-bond donors (Lipinski definition) is 2. The summed E-state index contributed by atoms with van der Waals surface area (Å²) < 4.78 is 24.0. The molecule has 4 nitrogen and oxygen atoms in total. The van der Waals surface area contributed by atoms with Gasteiger partial charge in [0.05, 0.1) is 5.60 Å². The molecular formula is C11H11FO4. The minimum absolute atomic E-state index is 0.0175. The fraction of sp³-hybridized carbons (Fsp3) is 0.455. The number of aliphatic hydroxyl groups is 1. The third-order valence-corrected chi connectivity index (χ3v) is 3.01. The third-order valence-electron chi connectivity index (χ3n) is 3.01. The normalized spacial score (nSPS) is 19.9. The van der Waals surface area contributed by atoms with E-state index in [9.17, 15) is 14.6 Å². The predicted molar refractivity (Wildman–Crippen MR) is 52.1 cm³/mol. The standard InChI is InChI=1S/C11H11FO4/c12-9-6(4-11(14)1-2-11)10-8(3-7(9)13)15-5-16-10/h3,13-14H,1-2,4-5H2. The third kappa shape index (κ3) is 1.39. The number of phenolic OH excluding ortho intramolecular Hbond substituents is 1. The number of benzene rings is 1. The lowest BCUT2D eigenvalue weighted by Crippen LogP contribution is -2.12. The summed E-state index contributed by atoms with van der Waals surface area (Å²) in [5.74, 6) is -0.568. The van der Waals surface area contributed by atoms with E-state index in [-0.39, 0.29) is 18.8 Å². The monoisotopic (exact) mass is 226 g/mol. The van der Waals surface area contributed by atoms with E-state index in [1.54, 1.807) is 0 Å². The molecule has 0 aromatic heterocycles. The maximum absolute atomic E-state index is 13.7. The van der Waals surface area contributed by atoms with Crippen LogP contribution in [0, 0.1) is 5.82 Å². The van der Waals surface area contributed by atoms with Crippen LogP contribution in [-0.4, -0.2) is 22.6 Å². The summed E-state index contributed by atoms with van der Waals surface area (Å²) >= 11 is 0. The van der Waals surface area contributed by atoms with Crippen LogP contribution in [0.3, 0.4) is 0 Å². The number of rotatable bonds is 2. The van der Waals surface area contributed by atoms with Crippen molar-refractivity contribution in [3.05, 3.63) is 17.4 Å². The maximum Gasteiger partial charge on any atom is 0.231 e. The van der Waals surface area contributed by atoms with Crippen LogP contribution in [0.25, 0.3) is 0 Å². The molecule has 3 rings (SSSR count).